The number of anilines is 2. The number of nitrogens with one attached hydrogen (secondary N) is 2. The maximum absolute atomic E-state index is 11.3. The summed E-state index contributed by atoms with van der Waals surface area (Å²) in [5.74, 6) is 0.401. The zero-order valence-corrected chi connectivity index (χ0v) is 12.4. The van der Waals surface area contributed by atoms with E-state index < -0.39 is 0 Å². The van der Waals surface area contributed by atoms with Gasteiger partial charge in [-0.05, 0) is 23.1 Å². The zero-order chi connectivity index (χ0) is 14.6. The molecule has 0 saturated heterocycles. The molecule has 0 heterocycles. The maximum Gasteiger partial charge on any atom is 0.221 e. The molecule has 0 aromatic heterocycles. The van der Waals surface area contributed by atoms with Gasteiger partial charge >= 0.3 is 0 Å². The van der Waals surface area contributed by atoms with Crippen LogP contribution in [0.2, 0.25) is 0 Å². The van der Waals surface area contributed by atoms with Crippen LogP contribution in [0, 0.1) is 0 Å². The molecule has 0 atom stereocenters. The minimum absolute atomic E-state index is 0.0519. The molecule has 0 aliphatic carbocycles. The monoisotopic (exact) mass is 266 g/mol. The lowest BCUT2D eigenvalue weighted by atomic mass is 9.86. The summed E-state index contributed by atoms with van der Waals surface area (Å²) < 4.78 is 5.34. The summed E-state index contributed by atoms with van der Waals surface area (Å²) >= 11 is 0. The summed E-state index contributed by atoms with van der Waals surface area (Å²) in [4.78, 5) is 16.2. The van der Waals surface area contributed by atoms with Gasteiger partial charge in [0.1, 0.15) is 5.69 Å². The van der Waals surface area contributed by atoms with Crippen molar-refractivity contribution in [2.45, 2.75) is 33.1 Å². The van der Waals surface area contributed by atoms with Gasteiger partial charge in [-0.1, -0.05) is 20.8 Å². The van der Waals surface area contributed by atoms with Gasteiger partial charge in [0.15, 0.2) is 5.75 Å². The first-order valence-electron chi connectivity index (χ1n) is 6.08. The minimum atomic E-state index is -0.146. The lowest BCUT2D eigenvalue weighted by Crippen LogP contribution is -2.15. The normalized spacial score (nSPS) is 11.1. The fourth-order valence-corrected chi connectivity index (χ4v) is 1.75. The van der Waals surface area contributed by atoms with Crippen molar-refractivity contribution < 1.29 is 14.4 Å². The molecule has 2 N–H and O–H groups in total. The number of amides is 1. The molecule has 0 radical (unpaired) electrons. The molecule has 1 aromatic carbocycles. The van der Waals surface area contributed by atoms with Crippen LogP contribution in [0.1, 0.15) is 33.3 Å². The Morgan fingerprint density at radius 1 is 1.16 bits per heavy atom. The van der Waals surface area contributed by atoms with Gasteiger partial charge < -0.3 is 10.1 Å². The summed E-state index contributed by atoms with van der Waals surface area (Å²) in [6.07, 6.45) is 0. The van der Waals surface area contributed by atoms with E-state index in [2.05, 4.69) is 31.6 Å². The number of ether oxygens (including phenoxy) is 1. The third-order valence-electron chi connectivity index (χ3n) is 2.68. The number of rotatable bonds is 4. The van der Waals surface area contributed by atoms with Crippen LogP contribution in [0.25, 0.3) is 0 Å². The van der Waals surface area contributed by atoms with Gasteiger partial charge in [-0.2, -0.15) is 0 Å². The third kappa shape index (κ3) is 3.86. The predicted molar refractivity (Wildman–Crippen MR) is 76.6 cm³/mol. The van der Waals surface area contributed by atoms with Crippen molar-refractivity contribution in [1.82, 2.24) is 0 Å². The Morgan fingerprint density at radius 3 is 2.16 bits per heavy atom. The van der Waals surface area contributed by atoms with E-state index in [0.717, 1.165) is 5.56 Å². The Morgan fingerprint density at radius 2 is 1.74 bits per heavy atom. The zero-order valence-electron chi connectivity index (χ0n) is 12.4. The number of hydrogen-bond acceptors (Lipinski definition) is 4. The lowest BCUT2D eigenvalue weighted by Gasteiger charge is -2.23. The van der Waals surface area contributed by atoms with Crippen molar-refractivity contribution in [3.63, 3.8) is 0 Å². The highest BCUT2D eigenvalue weighted by atomic mass is 16.6. The van der Waals surface area contributed by atoms with Gasteiger partial charge in [0, 0.05) is 6.92 Å². The van der Waals surface area contributed by atoms with E-state index >= 15 is 0 Å². The van der Waals surface area contributed by atoms with Crippen LogP contribution in [0.5, 0.6) is 5.75 Å². The molecule has 0 unspecified atom stereocenters. The van der Waals surface area contributed by atoms with Gasteiger partial charge in [-0.3, -0.25) is 15.1 Å². The van der Waals surface area contributed by atoms with E-state index in [1.54, 1.807) is 7.11 Å². The van der Waals surface area contributed by atoms with Crippen molar-refractivity contribution in [3.05, 3.63) is 17.7 Å². The van der Waals surface area contributed by atoms with Crippen LogP contribution in [0.15, 0.2) is 12.1 Å². The quantitative estimate of drug-likeness (QED) is 0.823. The fourth-order valence-electron chi connectivity index (χ4n) is 1.75. The molecular formula is C14H22N2O3. The Bertz CT molecular complexity index is 464. The first-order chi connectivity index (χ1) is 8.79. The van der Waals surface area contributed by atoms with Crippen LogP contribution >= 0.6 is 0 Å². The smallest absolute Gasteiger partial charge is 0.221 e. The standard InChI is InChI=1S/C14H22N2O3/c1-9(17)15-11-7-10(14(2,3)4)8-12(16-19-6)13(11)18-5/h7-8,16H,1-6H3,(H,15,17). The molecule has 0 saturated carbocycles. The number of methoxy groups -OCH3 is 1. The van der Waals surface area contributed by atoms with Crippen molar-refractivity contribution in [3.8, 4) is 5.75 Å². The van der Waals surface area contributed by atoms with E-state index in [-0.39, 0.29) is 11.3 Å². The first kappa shape index (κ1) is 15.3. The molecule has 1 amide bonds. The topological polar surface area (TPSA) is 59.6 Å². The molecule has 0 fully saturated rings. The van der Waals surface area contributed by atoms with Crippen molar-refractivity contribution in [1.29, 1.82) is 0 Å². The molecule has 0 aliphatic heterocycles. The Kier molecular flexibility index (Phi) is 4.78. The van der Waals surface area contributed by atoms with Gasteiger partial charge in [0.05, 0.1) is 19.9 Å². The predicted octanol–water partition coefficient (Wildman–Crippen LogP) is 2.92. The number of carbonyl (C=O) groups is 1. The Labute approximate surface area is 114 Å². The summed E-state index contributed by atoms with van der Waals surface area (Å²) in [7, 11) is 3.08. The van der Waals surface area contributed by atoms with Crippen LogP contribution in [-0.2, 0) is 15.0 Å². The first-order valence-corrected chi connectivity index (χ1v) is 6.08. The van der Waals surface area contributed by atoms with Crippen molar-refractivity contribution >= 4 is 17.3 Å². The molecule has 0 aliphatic rings. The summed E-state index contributed by atoms with van der Waals surface area (Å²) in [6.45, 7) is 7.77. The molecule has 5 heteroatoms. The van der Waals surface area contributed by atoms with Gasteiger partial charge in [0.25, 0.3) is 0 Å². The second-order valence-corrected chi connectivity index (χ2v) is 5.34. The molecule has 0 spiro atoms. The fraction of sp³-hybridized carbons (Fsp3) is 0.500. The summed E-state index contributed by atoms with van der Waals surface area (Å²) in [5, 5.41) is 2.78. The highest BCUT2D eigenvalue weighted by Gasteiger charge is 2.20. The van der Waals surface area contributed by atoms with Crippen molar-refractivity contribution in [2.24, 2.45) is 0 Å². The third-order valence-corrected chi connectivity index (χ3v) is 2.68. The lowest BCUT2D eigenvalue weighted by molar-refractivity contribution is -0.114. The van der Waals surface area contributed by atoms with Crippen LogP contribution < -0.4 is 15.5 Å². The van der Waals surface area contributed by atoms with Gasteiger partial charge in [0.2, 0.25) is 5.91 Å². The van der Waals surface area contributed by atoms with E-state index in [1.807, 2.05) is 12.1 Å². The maximum atomic E-state index is 11.3. The van der Waals surface area contributed by atoms with E-state index in [9.17, 15) is 4.79 Å². The molecular weight excluding hydrogens is 244 g/mol. The summed E-state index contributed by atoms with van der Waals surface area (Å²) in [5.41, 5.74) is 5.10. The Balaban J connectivity index is 3.40. The highest BCUT2D eigenvalue weighted by molar-refractivity contribution is 5.92. The summed E-state index contributed by atoms with van der Waals surface area (Å²) in [6, 6.07) is 3.87. The molecule has 1 rings (SSSR count). The second-order valence-electron chi connectivity index (χ2n) is 5.34. The molecule has 0 bridgehead atoms. The van der Waals surface area contributed by atoms with Crippen LogP contribution in [0.3, 0.4) is 0 Å². The minimum Gasteiger partial charge on any atom is -0.492 e. The van der Waals surface area contributed by atoms with E-state index in [0.29, 0.717) is 17.1 Å². The van der Waals surface area contributed by atoms with Crippen LogP contribution in [0.4, 0.5) is 11.4 Å². The molecule has 106 valence electrons. The highest BCUT2D eigenvalue weighted by Crippen LogP contribution is 2.38. The molecule has 1 aromatic rings. The molecule has 19 heavy (non-hydrogen) atoms. The van der Waals surface area contributed by atoms with E-state index in [4.69, 9.17) is 9.57 Å². The number of hydrogen-bond donors (Lipinski definition) is 2. The van der Waals surface area contributed by atoms with Gasteiger partial charge in [-0.25, -0.2) is 0 Å². The average molecular weight is 266 g/mol. The Hall–Kier alpha value is -1.75. The van der Waals surface area contributed by atoms with Crippen molar-refractivity contribution in [2.75, 3.05) is 25.0 Å². The average Bonchev–Trinajstić information content (AvgIpc) is 2.27. The second kappa shape index (κ2) is 5.93. The van der Waals surface area contributed by atoms with E-state index in [1.165, 1.54) is 14.0 Å². The van der Waals surface area contributed by atoms with Crippen LogP contribution in [-0.4, -0.2) is 20.1 Å². The number of benzene rings is 1. The number of carbonyl (C=O) groups excluding carboxylic acids is 1. The largest absolute Gasteiger partial charge is 0.492 e. The van der Waals surface area contributed by atoms with Gasteiger partial charge in [-0.15, -0.1) is 0 Å². The SMILES string of the molecule is CONc1cc(C(C)(C)C)cc(NC(C)=O)c1OC. The molecule has 5 nitrogen and oxygen atoms in total.